The topological polar surface area (TPSA) is 66.0 Å². The van der Waals surface area contributed by atoms with E-state index in [0.29, 0.717) is 23.9 Å². The molecule has 21 heavy (non-hydrogen) atoms. The molecular formula is C15H26N6. The highest BCUT2D eigenvalue weighted by Gasteiger charge is 2.41. The van der Waals surface area contributed by atoms with E-state index in [0.717, 1.165) is 17.8 Å². The maximum atomic E-state index is 4.51. The molecular weight excluding hydrogens is 264 g/mol. The molecule has 6 heteroatoms. The third-order valence-electron chi connectivity index (χ3n) is 5.04. The number of anilines is 3. The quantitative estimate of drug-likeness (QED) is 0.867. The molecule has 2 bridgehead atoms. The fraction of sp³-hybridized carbons (Fsp3) is 0.800. The first-order chi connectivity index (χ1) is 10.1. The summed E-state index contributed by atoms with van der Waals surface area (Å²) in [5.41, 5.74) is 0. The zero-order valence-corrected chi connectivity index (χ0v) is 13.4. The number of hydrogen-bond acceptors (Lipinski definition) is 6. The number of nitrogens with zero attached hydrogens (tertiary/aromatic N) is 4. The van der Waals surface area contributed by atoms with Gasteiger partial charge in [0.25, 0.3) is 0 Å². The number of hydrogen-bond donors (Lipinski definition) is 2. The van der Waals surface area contributed by atoms with Crippen molar-refractivity contribution in [3.05, 3.63) is 0 Å². The van der Waals surface area contributed by atoms with Crippen LogP contribution in [0.2, 0.25) is 0 Å². The number of rotatable bonds is 5. The average Bonchev–Trinajstić information content (AvgIpc) is 3.09. The van der Waals surface area contributed by atoms with E-state index in [1.165, 1.54) is 25.7 Å². The van der Waals surface area contributed by atoms with Crippen LogP contribution in [-0.2, 0) is 0 Å². The van der Waals surface area contributed by atoms with Crippen LogP contribution in [0.15, 0.2) is 0 Å². The molecule has 1 aromatic heterocycles. The average molecular weight is 290 g/mol. The molecule has 0 radical (unpaired) electrons. The minimum Gasteiger partial charge on any atom is -0.357 e. The Labute approximate surface area is 126 Å². The molecule has 1 aromatic rings. The summed E-state index contributed by atoms with van der Waals surface area (Å²) in [6.07, 6.45) is 5.64. The molecule has 116 valence electrons. The first-order valence-electron chi connectivity index (χ1n) is 7.94. The van der Waals surface area contributed by atoms with E-state index in [-0.39, 0.29) is 0 Å². The predicted molar refractivity (Wildman–Crippen MR) is 85.7 cm³/mol. The van der Waals surface area contributed by atoms with Crippen molar-refractivity contribution in [1.82, 2.24) is 15.0 Å². The molecule has 1 heterocycles. The van der Waals surface area contributed by atoms with E-state index < -0.39 is 0 Å². The van der Waals surface area contributed by atoms with Crippen LogP contribution in [0.4, 0.5) is 17.8 Å². The highest BCUT2D eigenvalue weighted by molar-refractivity contribution is 5.43. The molecule has 2 fully saturated rings. The molecule has 0 aromatic carbocycles. The monoisotopic (exact) mass is 290 g/mol. The van der Waals surface area contributed by atoms with Gasteiger partial charge in [-0.25, -0.2) is 0 Å². The van der Waals surface area contributed by atoms with Crippen molar-refractivity contribution in [2.45, 2.75) is 38.6 Å². The summed E-state index contributed by atoms with van der Waals surface area (Å²) in [5.74, 6) is 4.59. The van der Waals surface area contributed by atoms with Crippen molar-refractivity contribution in [1.29, 1.82) is 0 Å². The molecule has 2 aliphatic carbocycles. The minimum atomic E-state index is 0.419. The summed E-state index contributed by atoms with van der Waals surface area (Å²) < 4.78 is 0. The summed E-state index contributed by atoms with van der Waals surface area (Å²) in [6.45, 7) is 2.27. The zero-order valence-electron chi connectivity index (χ0n) is 13.4. The Hall–Kier alpha value is -1.59. The molecule has 0 spiro atoms. The SMILES string of the molecule is CNc1nc(NC(C)C2CC3CCC2C3)nc(N(C)C)n1. The Morgan fingerprint density at radius 1 is 1.10 bits per heavy atom. The molecule has 4 unspecified atom stereocenters. The van der Waals surface area contributed by atoms with Gasteiger partial charge in [0, 0.05) is 27.2 Å². The van der Waals surface area contributed by atoms with Crippen LogP contribution >= 0.6 is 0 Å². The molecule has 2 aliphatic rings. The third kappa shape index (κ3) is 2.89. The Morgan fingerprint density at radius 3 is 2.43 bits per heavy atom. The molecule has 0 aliphatic heterocycles. The Morgan fingerprint density at radius 2 is 1.86 bits per heavy atom. The van der Waals surface area contributed by atoms with Gasteiger partial charge in [0.1, 0.15) is 0 Å². The second kappa shape index (κ2) is 5.66. The number of nitrogens with one attached hydrogen (secondary N) is 2. The summed E-state index contributed by atoms with van der Waals surface area (Å²) in [5, 5.41) is 6.51. The zero-order chi connectivity index (χ0) is 15.0. The van der Waals surface area contributed by atoms with Crippen LogP contribution < -0.4 is 15.5 Å². The van der Waals surface area contributed by atoms with Gasteiger partial charge in [-0.15, -0.1) is 0 Å². The highest BCUT2D eigenvalue weighted by atomic mass is 15.3. The predicted octanol–water partition coefficient (Wildman–Crippen LogP) is 2.22. The van der Waals surface area contributed by atoms with Crippen LogP contribution in [-0.4, -0.2) is 42.1 Å². The van der Waals surface area contributed by atoms with Crippen molar-refractivity contribution in [2.24, 2.45) is 17.8 Å². The van der Waals surface area contributed by atoms with E-state index in [1.807, 2.05) is 26.0 Å². The van der Waals surface area contributed by atoms with Crippen LogP contribution in [0.25, 0.3) is 0 Å². The van der Waals surface area contributed by atoms with Gasteiger partial charge in [-0.3, -0.25) is 0 Å². The van der Waals surface area contributed by atoms with E-state index in [1.54, 1.807) is 0 Å². The van der Waals surface area contributed by atoms with Crippen LogP contribution in [0, 0.1) is 17.8 Å². The van der Waals surface area contributed by atoms with E-state index >= 15 is 0 Å². The third-order valence-corrected chi connectivity index (χ3v) is 5.04. The van der Waals surface area contributed by atoms with Gasteiger partial charge in [0.2, 0.25) is 17.8 Å². The first kappa shape index (κ1) is 14.4. The summed E-state index contributed by atoms with van der Waals surface area (Å²) in [4.78, 5) is 15.2. The van der Waals surface area contributed by atoms with Crippen molar-refractivity contribution in [3.63, 3.8) is 0 Å². The minimum absolute atomic E-state index is 0.419. The van der Waals surface area contributed by atoms with Crippen molar-refractivity contribution in [2.75, 3.05) is 36.7 Å². The van der Waals surface area contributed by atoms with Crippen LogP contribution in [0.5, 0.6) is 0 Å². The van der Waals surface area contributed by atoms with Gasteiger partial charge < -0.3 is 15.5 Å². The fourth-order valence-electron chi connectivity index (χ4n) is 3.96. The maximum Gasteiger partial charge on any atom is 0.231 e. The molecule has 0 amide bonds. The van der Waals surface area contributed by atoms with Gasteiger partial charge in [0.05, 0.1) is 0 Å². The van der Waals surface area contributed by atoms with E-state index in [2.05, 4.69) is 32.5 Å². The van der Waals surface area contributed by atoms with Crippen LogP contribution in [0.3, 0.4) is 0 Å². The number of fused-ring (bicyclic) bond motifs is 2. The lowest BCUT2D eigenvalue weighted by Gasteiger charge is -2.28. The van der Waals surface area contributed by atoms with Crippen molar-refractivity contribution < 1.29 is 0 Å². The van der Waals surface area contributed by atoms with Crippen molar-refractivity contribution >= 4 is 17.8 Å². The molecule has 0 saturated heterocycles. The highest BCUT2D eigenvalue weighted by Crippen LogP contribution is 2.49. The van der Waals surface area contributed by atoms with Gasteiger partial charge in [-0.05, 0) is 43.9 Å². The molecule has 6 nitrogen and oxygen atoms in total. The summed E-state index contributed by atoms with van der Waals surface area (Å²) >= 11 is 0. The van der Waals surface area contributed by atoms with Crippen LogP contribution in [0.1, 0.15) is 32.6 Å². The Bertz CT molecular complexity index is 503. The Kier molecular flexibility index (Phi) is 3.87. The standard InChI is InChI=1S/C15H26N6/c1-9(12-8-10-5-6-11(12)7-10)17-14-18-13(16-2)19-15(20-14)21(3)4/h9-12H,5-8H2,1-4H3,(H2,16,17,18,19,20). The molecule has 4 atom stereocenters. The molecule has 2 saturated carbocycles. The largest absolute Gasteiger partial charge is 0.357 e. The Balaban J connectivity index is 1.73. The van der Waals surface area contributed by atoms with Gasteiger partial charge >= 0.3 is 0 Å². The number of aromatic nitrogens is 3. The second-order valence-corrected chi connectivity index (χ2v) is 6.70. The normalized spacial score (nSPS) is 28.5. The second-order valence-electron chi connectivity index (χ2n) is 6.70. The van der Waals surface area contributed by atoms with Gasteiger partial charge in [-0.1, -0.05) is 6.42 Å². The molecule has 2 N–H and O–H groups in total. The lowest BCUT2D eigenvalue weighted by molar-refractivity contribution is 0.303. The maximum absolute atomic E-state index is 4.51. The fourth-order valence-corrected chi connectivity index (χ4v) is 3.96. The van der Waals surface area contributed by atoms with E-state index in [4.69, 9.17) is 0 Å². The first-order valence-corrected chi connectivity index (χ1v) is 7.94. The lowest BCUT2D eigenvalue weighted by atomic mass is 9.84. The van der Waals surface area contributed by atoms with Gasteiger partial charge in [-0.2, -0.15) is 15.0 Å². The summed E-state index contributed by atoms with van der Waals surface area (Å²) in [7, 11) is 5.72. The smallest absolute Gasteiger partial charge is 0.231 e. The summed E-state index contributed by atoms with van der Waals surface area (Å²) in [6, 6.07) is 0.419. The van der Waals surface area contributed by atoms with Crippen molar-refractivity contribution in [3.8, 4) is 0 Å². The van der Waals surface area contributed by atoms with Gasteiger partial charge in [0.15, 0.2) is 0 Å². The van der Waals surface area contributed by atoms with E-state index in [9.17, 15) is 0 Å². The lowest BCUT2D eigenvalue weighted by Crippen LogP contribution is -2.31. The molecule has 3 rings (SSSR count).